The van der Waals surface area contributed by atoms with Crippen molar-refractivity contribution >= 4 is 55.2 Å². The third-order valence-corrected chi connectivity index (χ3v) is 6.82. The second-order valence-electron chi connectivity index (χ2n) is 7.74. The molecule has 32 heavy (non-hydrogen) atoms. The highest BCUT2D eigenvalue weighted by Gasteiger charge is 2.24. The van der Waals surface area contributed by atoms with Gasteiger partial charge in [0.25, 0.3) is 5.91 Å². The molecule has 0 atom stereocenters. The lowest BCUT2D eigenvalue weighted by Crippen LogP contribution is -2.43. The molecule has 0 bridgehead atoms. The molecule has 2 aromatic heterocycles. The summed E-state index contributed by atoms with van der Waals surface area (Å²) in [6.07, 6.45) is 3.28. The SMILES string of the molecule is Cc1cc(Cl)cc2sc(N(CCN3CCOCC3)C(=O)c3ccc4nccnc4c3)nc12. The average Bonchev–Trinajstić information content (AvgIpc) is 3.23. The summed E-state index contributed by atoms with van der Waals surface area (Å²) in [4.78, 5) is 31.2. The van der Waals surface area contributed by atoms with E-state index in [0.717, 1.165) is 54.1 Å². The Kier molecular flexibility index (Phi) is 6.01. The Balaban J connectivity index is 1.50. The zero-order valence-electron chi connectivity index (χ0n) is 17.6. The van der Waals surface area contributed by atoms with Gasteiger partial charge in [-0.25, -0.2) is 4.98 Å². The van der Waals surface area contributed by atoms with Crippen molar-refractivity contribution in [2.45, 2.75) is 6.92 Å². The number of aryl methyl sites for hydroxylation is 1. The number of thiazole rings is 1. The first-order chi connectivity index (χ1) is 15.6. The van der Waals surface area contributed by atoms with Gasteiger partial charge in [0.1, 0.15) is 0 Å². The van der Waals surface area contributed by atoms with Crippen LogP contribution in [0.2, 0.25) is 5.02 Å². The van der Waals surface area contributed by atoms with Crippen molar-refractivity contribution in [2.75, 3.05) is 44.3 Å². The van der Waals surface area contributed by atoms with Crippen LogP contribution in [-0.2, 0) is 4.74 Å². The number of fused-ring (bicyclic) bond motifs is 2. The van der Waals surface area contributed by atoms with Crippen LogP contribution in [0.3, 0.4) is 0 Å². The third-order valence-electron chi connectivity index (χ3n) is 5.57. The normalized spacial score (nSPS) is 14.8. The second-order valence-corrected chi connectivity index (χ2v) is 9.18. The monoisotopic (exact) mass is 467 g/mol. The molecule has 2 aromatic carbocycles. The van der Waals surface area contributed by atoms with Crippen molar-refractivity contribution in [1.29, 1.82) is 0 Å². The number of carbonyl (C=O) groups excluding carboxylic acids is 1. The Bertz CT molecular complexity index is 1290. The third kappa shape index (κ3) is 4.31. The molecule has 4 aromatic rings. The maximum atomic E-state index is 13.7. The van der Waals surface area contributed by atoms with E-state index in [1.54, 1.807) is 29.4 Å². The van der Waals surface area contributed by atoms with Crippen LogP contribution >= 0.6 is 22.9 Å². The Morgan fingerprint density at radius 2 is 1.94 bits per heavy atom. The van der Waals surface area contributed by atoms with Crippen molar-refractivity contribution in [3.05, 3.63) is 58.9 Å². The molecule has 0 unspecified atom stereocenters. The number of benzene rings is 2. The Morgan fingerprint density at radius 3 is 2.75 bits per heavy atom. The zero-order chi connectivity index (χ0) is 22.1. The first kappa shape index (κ1) is 21.2. The first-order valence-electron chi connectivity index (χ1n) is 10.5. The molecule has 0 N–H and O–H groups in total. The second kappa shape index (κ2) is 9.07. The minimum atomic E-state index is -0.103. The summed E-state index contributed by atoms with van der Waals surface area (Å²) >= 11 is 7.74. The van der Waals surface area contributed by atoms with Gasteiger partial charge in [-0.15, -0.1) is 0 Å². The van der Waals surface area contributed by atoms with Crippen LogP contribution in [-0.4, -0.2) is 65.2 Å². The van der Waals surface area contributed by atoms with Crippen molar-refractivity contribution in [3.8, 4) is 0 Å². The van der Waals surface area contributed by atoms with Crippen LogP contribution < -0.4 is 4.90 Å². The maximum absolute atomic E-state index is 13.7. The van der Waals surface area contributed by atoms with E-state index in [1.165, 1.54) is 11.3 Å². The van der Waals surface area contributed by atoms with Crippen LogP contribution in [0.25, 0.3) is 21.3 Å². The molecule has 5 rings (SSSR count). The fraction of sp³-hybridized carbons (Fsp3) is 0.304. The summed E-state index contributed by atoms with van der Waals surface area (Å²) in [5.74, 6) is -0.103. The smallest absolute Gasteiger partial charge is 0.260 e. The molecule has 0 aliphatic carbocycles. The summed E-state index contributed by atoms with van der Waals surface area (Å²) in [5.41, 5.74) is 3.89. The molecule has 1 aliphatic rings. The van der Waals surface area contributed by atoms with E-state index in [9.17, 15) is 4.79 Å². The van der Waals surface area contributed by atoms with Gasteiger partial charge in [-0.3, -0.25) is 24.6 Å². The molecule has 9 heteroatoms. The van der Waals surface area contributed by atoms with Crippen LogP contribution in [0.4, 0.5) is 5.13 Å². The molecule has 0 saturated carbocycles. The van der Waals surface area contributed by atoms with E-state index >= 15 is 0 Å². The predicted octanol–water partition coefficient (Wildman–Crippen LogP) is 4.18. The number of amides is 1. The van der Waals surface area contributed by atoms with Crippen LogP contribution in [0, 0.1) is 6.92 Å². The van der Waals surface area contributed by atoms with Gasteiger partial charge in [-0.1, -0.05) is 22.9 Å². The number of aromatic nitrogens is 3. The highest BCUT2D eigenvalue weighted by Crippen LogP contribution is 2.33. The summed E-state index contributed by atoms with van der Waals surface area (Å²) in [7, 11) is 0. The van der Waals surface area contributed by atoms with Crippen molar-refractivity contribution < 1.29 is 9.53 Å². The highest BCUT2D eigenvalue weighted by molar-refractivity contribution is 7.22. The van der Waals surface area contributed by atoms with E-state index in [0.29, 0.717) is 27.8 Å². The Labute approximate surface area is 194 Å². The number of nitrogens with zero attached hydrogens (tertiary/aromatic N) is 5. The number of rotatable bonds is 5. The first-order valence-corrected chi connectivity index (χ1v) is 11.7. The molecule has 7 nitrogen and oxygen atoms in total. The standard InChI is InChI=1S/C23H22ClN5O2S/c1-15-12-17(24)14-20-21(15)27-23(32-20)29(7-6-28-8-10-31-11-9-28)22(30)16-2-3-18-19(13-16)26-5-4-25-18/h2-5,12-14H,6-11H2,1H3. The summed E-state index contributed by atoms with van der Waals surface area (Å²) in [5, 5.41) is 1.34. The molecule has 1 saturated heterocycles. The molecule has 0 spiro atoms. The minimum absolute atomic E-state index is 0.103. The molecule has 164 valence electrons. The van der Waals surface area contributed by atoms with Crippen molar-refractivity contribution in [3.63, 3.8) is 0 Å². The van der Waals surface area contributed by atoms with E-state index in [2.05, 4.69) is 14.9 Å². The van der Waals surface area contributed by atoms with Crippen molar-refractivity contribution in [2.24, 2.45) is 0 Å². The summed E-state index contributed by atoms with van der Waals surface area (Å²) in [6, 6.07) is 9.23. The fourth-order valence-corrected chi connectivity index (χ4v) is 5.31. The fourth-order valence-electron chi connectivity index (χ4n) is 3.86. The number of anilines is 1. The van der Waals surface area contributed by atoms with Gasteiger partial charge in [-0.05, 0) is 42.8 Å². The van der Waals surface area contributed by atoms with Crippen molar-refractivity contribution in [1.82, 2.24) is 19.9 Å². The van der Waals surface area contributed by atoms with Gasteiger partial charge in [0.05, 0.1) is 34.5 Å². The Hall–Kier alpha value is -2.65. The van der Waals surface area contributed by atoms with Gasteiger partial charge in [0.2, 0.25) is 0 Å². The lowest BCUT2D eigenvalue weighted by atomic mass is 10.1. The number of morpholine rings is 1. The topological polar surface area (TPSA) is 71.5 Å². The quantitative estimate of drug-likeness (QED) is 0.438. The van der Waals surface area contributed by atoms with Gasteiger partial charge in [0, 0.05) is 49.2 Å². The van der Waals surface area contributed by atoms with Crippen LogP contribution in [0.1, 0.15) is 15.9 Å². The van der Waals surface area contributed by atoms with Gasteiger partial charge in [0.15, 0.2) is 5.13 Å². The number of carbonyl (C=O) groups is 1. The molecule has 1 aliphatic heterocycles. The minimum Gasteiger partial charge on any atom is -0.379 e. The summed E-state index contributed by atoms with van der Waals surface area (Å²) in [6.45, 7) is 6.43. The number of halogens is 1. The summed E-state index contributed by atoms with van der Waals surface area (Å²) < 4.78 is 6.43. The molecule has 1 amide bonds. The molecule has 0 radical (unpaired) electrons. The predicted molar refractivity (Wildman–Crippen MR) is 128 cm³/mol. The van der Waals surface area contributed by atoms with Gasteiger partial charge >= 0.3 is 0 Å². The van der Waals surface area contributed by atoms with Crippen LogP contribution in [0.15, 0.2) is 42.7 Å². The van der Waals surface area contributed by atoms with E-state index in [4.69, 9.17) is 21.3 Å². The lowest BCUT2D eigenvalue weighted by molar-refractivity contribution is 0.0391. The number of hydrogen-bond donors (Lipinski definition) is 0. The highest BCUT2D eigenvalue weighted by atomic mass is 35.5. The molecule has 3 heterocycles. The largest absolute Gasteiger partial charge is 0.379 e. The van der Waals surface area contributed by atoms with Gasteiger partial charge in [-0.2, -0.15) is 0 Å². The zero-order valence-corrected chi connectivity index (χ0v) is 19.2. The molecular formula is C23H22ClN5O2S. The van der Waals surface area contributed by atoms with Crippen LogP contribution in [0.5, 0.6) is 0 Å². The Morgan fingerprint density at radius 1 is 1.16 bits per heavy atom. The lowest BCUT2D eigenvalue weighted by Gasteiger charge is -2.29. The average molecular weight is 468 g/mol. The van der Waals surface area contributed by atoms with E-state index in [-0.39, 0.29) is 5.91 Å². The van der Waals surface area contributed by atoms with Gasteiger partial charge < -0.3 is 4.74 Å². The van der Waals surface area contributed by atoms with E-state index in [1.807, 2.05) is 25.1 Å². The number of ether oxygens (including phenoxy) is 1. The van der Waals surface area contributed by atoms with E-state index < -0.39 is 0 Å². The maximum Gasteiger partial charge on any atom is 0.260 e. The molecular weight excluding hydrogens is 446 g/mol. The number of hydrogen-bond acceptors (Lipinski definition) is 7. The molecule has 1 fully saturated rings.